The van der Waals surface area contributed by atoms with Crippen molar-refractivity contribution in [3.8, 4) is 5.75 Å². The van der Waals surface area contributed by atoms with Crippen molar-refractivity contribution in [1.29, 1.82) is 10.8 Å². The molecular weight excluding hydrogens is 1510 g/mol. The predicted octanol–water partition coefficient (Wildman–Crippen LogP) is 0.728. The van der Waals surface area contributed by atoms with E-state index in [-0.39, 0.29) is 139 Å². The van der Waals surface area contributed by atoms with Crippen molar-refractivity contribution in [2.45, 2.75) is 231 Å². The lowest BCUT2D eigenvalue weighted by atomic mass is 9.96. The quantitative estimate of drug-likeness (QED) is 0.0145. The highest BCUT2D eigenvalue weighted by Gasteiger charge is 2.38. The number of fused-ring (bicyclic) bond motifs is 2. The van der Waals surface area contributed by atoms with Crippen LogP contribution in [0.2, 0.25) is 0 Å². The van der Waals surface area contributed by atoms with E-state index in [1.807, 2.05) is 70.2 Å². The smallest absolute Gasteiger partial charge is 0.326 e. The zero-order chi connectivity index (χ0) is 86.4. The number of amides is 11. The maximum absolute atomic E-state index is 15.1. The van der Waals surface area contributed by atoms with Crippen LogP contribution < -0.4 is 97.8 Å². The first kappa shape index (κ1) is 96.2. The van der Waals surface area contributed by atoms with Crippen molar-refractivity contribution in [2.75, 3.05) is 32.7 Å². The number of hydrogen-bond acceptors (Lipinski definition) is 18. The van der Waals surface area contributed by atoms with Crippen LogP contribution in [0.4, 0.5) is 0 Å². The number of nitrogens with two attached hydrogens (primary N) is 5. The van der Waals surface area contributed by atoms with E-state index in [0.29, 0.717) is 48.8 Å². The van der Waals surface area contributed by atoms with Gasteiger partial charge in [-0.1, -0.05) is 110 Å². The number of carboxylic acids is 1. The molecule has 11 amide bonds. The third-order valence-electron chi connectivity index (χ3n) is 19.8. The number of benzene rings is 3. The SMILES string of the molecule is CC[C@H](C)[C@H](NC(=O)[C@H](Cc1c[nH]c2ccccc12)NC(=O)[C@H](CC(C)C)NC(=O)[C@H](CC(C)C)NC(=O)[C@H](Cc1c[nH]c2ccccc12)NC(=O)[C@@H](N)Cc1ccc(O)cc1)C(=O)NCC(=O)N[C@@H](CC(C)C)C(=O)N[C@@H](CCCNC(=N)N)C(=O)N[C@@H](CCCCN)C(=O)N[C@@H](CCCCN)C(=O)N[C@@H](CCCNC(=N)N)C(=O)O. The first-order valence-corrected chi connectivity index (χ1v) is 40.3. The predicted molar refractivity (Wildman–Crippen MR) is 446 cm³/mol. The molecule has 0 unspecified atom stereocenters. The summed E-state index contributed by atoms with van der Waals surface area (Å²) in [7, 11) is 0. The van der Waals surface area contributed by atoms with E-state index >= 15 is 9.59 Å². The molecule has 5 rings (SSSR count). The number of phenolic OH excluding ortho intramolecular Hbond substituents is 1. The van der Waals surface area contributed by atoms with E-state index in [1.165, 1.54) is 12.1 Å². The lowest BCUT2D eigenvalue weighted by Crippen LogP contribution is -2.61. The number of aliphatic carboxylic acids is 1. The molecular formula is C81H126N22O14. The van der Waals surface area contributed by atoms with Crippen molar-refractivity contribution < 1.29 is 67.7 Å². The standard InChI is InChI=1S/C81H126N22O14/c1-9-48(8)68(78(115)93-44-67(105)94-62(36-45(2)3)73(110)97-60(26-18-34-89-80(85)86)71(108)95-58(24-14-16-32-82)70(107)96-59(25-15-17-33-83)72(109)98-61(79(116)117)27-19-35-90-81(87)88)103-77(114)66(41-51-43-92-57-23-13-11-21-54(51)57)102-75(112)64(38-47(6)7)100-74(111)63(37-46(4)5)101-76(113)65(40-50-42-91-56-22-12-10-20-53(50)56)99-69(106)55(84)39-49-28-30-52(104)31-29-49/h10-13,20-23,28-31,42-43,45-48,55,58-66,68,91-92,104H,9,14-19,24-27,32-41,44,82-84H2,1-8H3,(H,93,115)(H,94,105)(H,95,108)(H,96,107)(H,97,110)(H,98,109)(H,99,106)(H,100,111)(H,101,113)(H,102,112)(H,103,114)(H,116,117)(H4,85,86,89)(H4,87,88,90)/t48-,55-,58-,59-,60-,61-,62-,63-,64-,65-,66-,68-/m0/s1. The van der Waals surface area contributed by atoms with Crippen molar-refractivity contribution in [1.82, 2.24) is 79.1 Å². The van der Waals surface area contributed by atoms with Crippen LogP contribution in [0.5, 0.6) is 5.75 Å². The molecule has 0 spiro atoms. The molecule has 0 fully saturated rings. The Morgan fingerprint density at radius 2 is 0.778 bits per heavy atom. The third-order valence-corrected chi connectivity index (χ3v) is 19.8. The van der Waals surface area contributed by atoms with Gasteiger partial charge in [-0.05, 0) is 168 Å². The Balaban J connectivity index is 1.36. The molecule has 29 N–H and O–H groups in total. The summed E-state index contributed by atoms with van der Waals surface area (Å²) in [5.74, 6) is -11.9. The number of hydrogen-bond donors (Lipinski definition) is 24. The maximum Gasteiger partial charge on any atom is 0.326 e. The molecule has 3 aromatic carbocycles. The molecule has 0 bridgehead atoms. The normalized spacial score (nSPS) is 14.4. The van der Waals surface area contributed by atoms with E-state index in [1.54, 1.807) is 58.3 Å². The van der Waals surface area contributed by atoms with E-state index in [9.17, 15) is 58.2 Å². The van der Waals surface area contributed by atoms with Gasteiger partial charge in [0.1, 0.15) is 66.2 Å². The van der Waals surface area contributed by atoms with Gasteiger partial charge in [-0.25, -0.2) is 4.79 Å². The van der Waals surface area contributed by atoms with E-state index in [2.05, 4.69) is 79.1 Å². The highest BCUT2D eigenvalue weighted by molar-refractivity contribution is 6.00. The lowest BCUT2D eigenvalue weighted by Gasteiger charge is -2.29. The second-order valence-electron chi connectivity index (χ2n) is 31.1. The Kier molecular flexibility index (Phi) is 40.7. The Hall–Kier alpha value is -11.4. The van der Waals surface area contributed by atoms with Gasteiger partial charge in [0.05, 0.1) is 12.6 Å². The largest absolute Gasteiger partial charge is 0.508 e. The molecule has 0 saturated carbocycles. The first-order chi connectivity index (χ1) is 55.6. The van der Waals surface area contributed by atoms with Gasteiger partial charge >= 0.3 is 5.97 Å². The number of carbonyl (C=O) groups excluding carboxylic acids is 11. The van der Waals surface area contributed by atoms with Crippen LogP contribution in [0.1, 0.15) is 162 Å². The highest BCUT2D eigenvalue weighted by Crippen LogP contribution is 2.23. The molecule has 2 heterocycles. The van der Waals surface area contributed by atoms with Crippen molar-refractivity contribution in [2.24, 2.45) is 52.3 Å². The number of nitrogens with one attached hydrogen (secondary N) is 17. The molecule has 644 valence electrons. The van der Waals surface area contributed by atoms with Gasteiger partial charge in [0.2, 0.25) is 65.0 Å². The number of carbonyl (C=O) groups is 12. The third kappa shape index (κ3) is 33.4. The van der Waals surface area contributed by atoms with E-state index in [4.69, 9.17) is 39.5 Å². The van der Waals surface area contributed by atoms with Crippen LogP contribution >= 0.6 is 0 Å². The summed E-state index contributed by atoms with van der Waals surface area (Å²) in [6.45, 7) is 14.4. The summed E-state index contributed by atoms with van der Waals surface area (Å²) in [6.07, 6.45) is 5.64. The topological polar surface area (TPSA) is 611 Å². The molecule has 36 nitrogen and oxygen atoms in total. The average Bonchev–Trinajstić information content (AvgIpc) is 1.70. The van der Waals surface area contributed by atoms with Gasteiger partial charge < -0.3 is 118 Å². The minimum Gasteiger partial charge on any atom is -0.508 e. The number of H-pyrrole nitrogens is 2. The molecule has 12 atom stereocenters. The molecule has 117 heavy (non-hydrogen) atoms. The van der Waals surface area contributed by atoms with Gasteiger partial charge in [-0.3, -0.25) is 63.6 Å². The summed E-state index contributed by atoms with van der Waals surface area (Å²) < 4.78 is 0. The van der Waals surface area contributed by atoms with Crippen LogP contribution in [0.15, 0.2) is 85.2 Å². The van der Waals surface area contributed by atoms with E-state index < -0.39 is 150 Å². The number of para-hydroxylation sites is 2. The highest BCUT2D eigenvalue weighted by atomic mass is 16.4. The Morgan fingerprint density at radius 1 is 0.419 bits per heavy atom. The fraction of sp³-hybridized carbons (Fsp3) is 0.556. The summed E-state index contributed by atoms with van der Waals surface area (Å²) in [4.78, 5) is 178. The molecule has 0 radical (unpaired) electrons. The summed E-state index contributed by atoms with van der Waals surface area (Å²) in [5, 5.41) is 71.8. The lowest BCUT2D eigenvalue weighted by molar-refractivity contribution is -0.142. The number of phenols is 1. The van der Waals surface area contributed by atoms with Crippen molar-refractivity contribution in [3.63, 3.8) is 0 Å². The van der Waals surface area contributed by atoms with Crippen LogP contribution in [0.25, 0.3) is 21.8 Å². The van der Waals surface area contributed by atoms with Gasteiger partial charge in [0.15, 0.2) is 11.9 Å². The minimum atomic E-state index is -1.42. The van der Waals surface area contributed by atoms with Crippen LogP contribution in [-0.4, -0.2) is 202 Å². The number of unbranched alkanes of at least 4 members (excludes halogenated alkanes) is 2. The van der Waals surface area contributed by atoms with Gasteiger partial charge in [-0.15, -0.1) is 0 Å². The van der Waals surface area contributed by atoms with Gasteiger partial charge in [0.25, 0.3) is 0 Å². The number of rotatable bonds is 53. The van der Waals surface area contributed by atoms with Gasteiger partial charge in [0, 0.05) is 60.1 Å². The fourth-order valence-corrected chi connectivity index (χ4v) is 13.3. The summed E-state index contributed by atoms with van der Waals surface area (Å²) in [6, 6.07) is 6.49. The van der Waals surface area contributed by atoms with Crippen molar-refractivity contribution in [3.05, 3.63) is 102 Å². The number of aromatic nitrogens is 2. The average molecular weight is 1630 g/mol. The monoisotopic (exact) mass is 1630 g/mol. The Bertz CT molecular complexity index is 4110. The molecule has 5 aromatic rings. The maximum atomic E-state index is 15.1. The summed E-state index contributed by atoms with van der Waals surface area (Å²) in [5.41, 5.74) is 32.4. The fourth-order valence-electron chi connectivity index (χ4n) is 13.3. The van der Waals surface area contributed by atoms with Crippen LogP contribution in [0.3, 0.4) is 0 Å². The number of aromatic amines is 2. The second kappa shape index (κ2) is 49.5. The first-order valence-electron chi connectivity index (χ1n) is 40.3. The zero-order valence-corrected chi connectivity index (χ0v) is 68.5. The van der Waals surface area contributed by atoms with Crippen LogP contribution in [-0.2, 0) is 76.8 Å². The van der Waals surface area contributed by atoms with Gasteiger partial charge in [-0.2, -0.15) is 0 Å². The Morgan fingerprint density at radius 3 is 1.19 bits per heavy atom. The van der Waals surface area contributed by atoms with Crippen molar-refractivity contribution >= 4 is 105 Å². The van der Waals surface area contributed by atoms with Crippen LogP contribution in [0, 0.1) is 34.5 Å². The number of guanidine groups is 2. The number of aromatic hydroxyl groups is 1. The molecule has 0 aliphatic heterocycles. The molecule has 0 saturated heterocycles. The molecule has 0 aliphatic carbocycles. The van der Waals surface area contributed by atoms with E-state index in [0.717, 1.165) is 21.8 Å². The molecule has 2 aromatic heterocycles. The Labute approximate surface area is 683 Å². The summed E-state index contributed by atoms with van der Waals surface area (Å²) >= 11 is 0. The number of carboxylic acid groups (broad SMARTS) is 1. The molecule has 0 aliphatic rings. The second-order valence-corrected chi connectivity index (χ2v) is 31.1. The minimum absolute atomic E-state index is 0.0105. The zero-order valence-electron chi connectivity index (χ0n) is 68.5. The molecule has 36 heteroatoms.